The van der Waals surface area contributed by atoms with Crippen molar-refractivity contribution in [2.45, 2.75) is 6.54 Å². The first kappa shape index (κ1) is 25.9. The number of amides is 1. The minimum absolute atomic E-state index is 0.263. The fourth-order valence-electron chi connectivity index (χ4n) is 5.25. The van der Waals surface area contributed by atoms with Gasteiger partial charge in [0.25, 0.3) is 5.91 Å². The Hall–Kier alpha value is -4.34. The van der Waals surface area contributed by atoms with E-state index in [1.807, 2.05) is 30.3 Å². The minimum atomic E-state index is -0.462. The Labute approximate surface area is 233 Å². The molecule has 0 spiro atoms. The Morgan fingerprint density at radius 1 is 0.925 bits per heavy atom. The molecular weight excluding hydrogens is 508 g/mol. The van der Waals surface area contributed by atoms with Gasteiger partial charge >= 0.3 is 5.97 Å². The van der Waals surface area contributed by atoms with E-state index < -0.39 is 5.97 Å². The molecule has 3 aromatic carbocycles. The summed E-state index contributed by atoms with van der Waals surface area (Å²) in [7, 11) is 3.49. The lowest BCUT2D eigenvalue weighted by atomic mass is 9.98. The monoisotopic (exact) mass is 540 g/mol. The van der Waals surface area contributed by atoms with E-state index in [0.29, 0.717) is 52.8 Å². The van der Waals surface area contributed by atoms with Crippen molar-refractivity contribution in [2.75, 3.05) is 64.2 Å². The third kappa shape index (κ3) is 5.25. The zero-order valence-electron chi connectivity index (χ0n) is 22.7. The lowest BCUT2D eigenvalue weighted by Gasteiger charge is -2.32. The van der Waals surface area contributed by atoms with Gasteiger partial charge in [0.05, 0.1) is 29.6 Å². The van der Waals surface area contributed by atoms with Crippen LogP contribution in [-0.4, -0.2) is 75.2 Å². The van der Waals surface area contributed by atoms with Crippen LogP contribution in [0.5, 0.6) is 11.5 Å². The number of nitrogens with zero attached hydrogens (tertiary/aromatic N) is 2. The van der Waals surface area contributed by atoms with Crippen LogP contribution in [0, 0.1) is 0 Å². The van der Waals surface area contributed by atoms with E-state index in [1.54, 1.807) is 18.2 Å². The number of esters is 1. The molecule has 3 aliphatic rings. The third-order valence-electron chi connectivity index (χ3n) is 7.49. The normalized spacial score (nSPS) is 18.1. The van der Waals surface area contributed by atoms with Crippen molar-refractivity contribution >= 4 is 34.5 Å². The molecule has 0 saturated carbocycles. The Morgan fingerprint density at radius 3 is 2.40 bits per heavy atom. The number of piperazine rings is 1. The first-order valence-corrected chi connectivity index (χ1v) is 13.4. The highest BCUT2D eigenvalue weighted by atomic mass is 16.6. The van der Waals surface area contributed by atoms with E-state index in [9.17, 15) is 9.59 Å². The SMILES string of the molecule is COC(=O)c1ccc2c(c1)NC(=O)/C2=C(\Nc1ccc(CN2CCN(C)CC2)cc1)c1ccc2c(c1)OCCO2. The fourth-order valence-corrected chi connectivity index (χ4v) is 5.25. The van der Waals surface area contributed by atoms with E-state index >= 15 is 0 Å². The number of carbonyl (C=O) groups excluding carboxylic acids is 2. The van der Waals surface area contributed by atoms with Crippen molar-refractivity contribution in [2.24, 2.45) is 0 Å². The molecule has 1 fully saturated rings. The maximum atomic E-state index is 13.4. The van der Waals surface area contributed by atoms with Crippen LogP contribution in [0.15, 0.2) is 60.7 Å². The van der Waals surface area contributed by atoms with Crippen LogP contribution in [0.1, 0.15) is 27.0 Å². The average molecular weight is 541 g/mol. The maximum Gasteiger partial charge on any atom is 0.337 e. The Bertz CT molecular complexity index is 1480. The van der Waals surface area contributed by atoms with Crippen molar-refractivity contribution < 1.29 is 23.8 Å². The smallest absolute Gasteiger partial charge is 0.337 e. The van der Waals surface area contributed by atoms with Gasteiger partial charge in [0, 0.05) is 49.5 Å². The molecule has 9 heteroatoms. The number of hydrogen-bond donors (Lipinski definition) is 2. The van der Waals surface area contributed by atoms with Crippen molar-refractivity contribution in [3.05, 3.63) is 82.9 Å². The number of hydrogen-bond acceptors (Lipinski definition) is 8. The highest BCUT2D eigenvalue weighted by Crippen LogP contribution is 2.40. The summed E-state index contributed by atoms with van der Waals surface area (Å²) in [6.45, 7) is 6.14. The lowest BCUT2D eigenvalue weighted by Crippen LogP contribution is -2.43. The molecule has 3 aromatic rings. The van der Waals surface area contributed by atoms with E-state index in [2.05, 4.69) is 39.6 Å². The summed E-state index contributed by atoms with van der Waals surface area (Å²) >= 11 is 0. The number of ether oxygens (including phenoxy) is 3. The molecular formula is C31H32N4O5. The highest BCUT2D eigenvalue weighted by molar-refractivity contribution is 6.37. The predicted molar refractivity (Wildman–Crippen MR) is 153 cm³/mol. The maximum absolute atomic E-state index is 13.4. The molecule has 40 heavy (non-hydrogen) atoms. The number of benzene rings is 3. The molecule has 0 atom stereocenters. The predicted octanol–water partition coefficient (Wildman–Crippen LogP) is 3.92. The number of nitrogens with one attached hydrogen (secondary N) is 2. The molecule has 2 N–H and O–H groups in total. The second-order valence-electron chi connectivity index (χ2n) is 10.2. The Morgan fingerprint density at radius 2 is 1.65 bits per heavy atom. The largest absolute Gasteiger partial charge is 0.486 e. The van der Waals surface area contributed by atoms with Crippen LogP contribution in [0.2, 0.25) is 0 Å². The summed E-state index contributed by atoms with van der Waals surface area (Å²) in [5, 5.41) is 6.42. The van der Waals surface area contributed by atoms with Crippen LogP contribution in [0.3, 0.4) is 0 Å². The van der Waals surface area contributed by atoms with Gasteiger partial charge in [0.2, 0.25) is 0 Å². The third-order valence-corrected chi connectivity index (χ3v) is 7.49. The molecule has 1 saturated heterocycles. The van der Waals surface area contributed by atoms with Gasteiger partial charge < -0.3 is 29.7 Å². The summed E-state index contributed by atoms with van der Waals surface area (Å²) in [5.74, 6) is 0.579. The van der Waals surface area contributed by atoms with Gasteiger partial charge in [0.15, 0.2) is 11.5 Å². The minimum Gasteiger partial charge on any atom is -0.486 e. The number of methoxy groups -OCH3 is 1. The van der Waals surface area contributed by atoms with E-state index in [0.717, 1.165) is 44.0 Å². The van der Waals surface area contributed by atoms with Crippen molar-refractivity contribution in [3.8, 4) is 11.5 Å². The molecule has 0 unspecified atom stereocenters. The van der Waals surface area contributed by atoms with Crippen molar-refractivity contribution in [1.82, 2.24) is 9.80 Å². The van der Waals surface area contributed by atoms with Gasteiger partial charge in [-0.2, -0.15) is 0 Å². The Kier molecular flexibility index (Phi) is 7.15. The Balaban J connectivity index is 1.35. The quantitative estimate of drug-likeness (QED) is 0.359. The highest BCUT2D eigenvalue weighted by Gasteiger charge is 2.30. The molecule has 0 radical (unpaired) electrons. The van der Waals surface area contributed by atoms with Gasteiger partial charge in [-0.15, -0.1) is 0 Å². The number of anilines is 2. The summed E-state index contributed by atoms with van der Waals surface area (Å²) < 4.78 is 16.4. The van der Waals surface area contributed by atoms with Crippen LogP contribution < -0.4 is 20.1 Å². The average Bonchev–Trinajstić information content (AvgIpc) is 3.31. The van der Waals surface area contributed by atoms with E-state index in [-0.39, 0.29) is 5.91 Å². The van der Waals surface area contributed by atoms with Crippen molar-refractivity contribution in [3.63, 3.8) is 0 Å². The van der Waals surface area contributed by atoms with Crippen LogP contribution in [0.25, 0.3) is 11.3 Å². The molecule has 6 rings (SSSR count). The lowest BCUT2D eigenvalue weighted by molar-refractivity contribution is -0.110. The zero-order chi connectivity index (χ0) is 27.6. The zero-order valence-corrected chi connectivity index (χ0v) is 22.7. The molecule has 0 aromatic heterocycles. The van der Waals surface area contributed by atoms with Crippen LogP contribution in [0.4, 0.5) is 11.4 Å². The molecule has 3 heterocycles. The van der Waals surface area contributed by atoms with E-state index in [4.69, 9.17) is 14.2 Å². The van der Waals surface area contributed by atoms with Crippen molar-refractivity contribution in [1.29, 1.82) is 0 Å². The molecule has 206 valence electrons. The van der Waals surface area contributed by atoms with Gasteiger partial charge in [-0.25, -0.2) is 4.79 Å². The fraction of sp³-hybridized carbons (Fsp3) is 0.290. The first-order valence-electron chi connectivity index (χ1n) is 13.4. The number of carbonyl (C=O) groups is 2. The second-order valence-corrected chi connectivity index (χ2v) is 10.2. The number of rotatable bonds is 6. The standard InChI is InChI=1S/C31H32N4O5/c1-34-11-13-35(14-12-34)19-20-3-7-23(8-4-20)32-29(21-6-10-26-27(18-21)40-16-15-39-26)28-24-9-5-22(31(37)38-2)17-25(24)33-30(28)36/h3-10,17-18,32H,11-16,19H2,1-2H3,(H,33,36)/b29-28-. The van der Waals surface area contributed by atoms with Gasteiger partial charge in [-0.3, -0.25) is 9.69 Å². The van der Waals surface area contributed by atoms with Crippen LogP contribution in [-0.2, 0) is 16.1 Å². The topological polar surface area (TPSA) is 92.4 Å². The molecule has 3 aliphatic heterocycles. The molecule has 0 aliphatic carbocycles. The number of fused-ring (bicyclic) bond motifs is 2. The summed E-state index contributed by atoms with van der Waals surface area (Å²) in [6, 6.07) is 19.1. The summed E-state index contributed by atoms with van der Waals surface area (Å²) in [4.78, 5) is 30.3. The first-order chi connectivity index (χ1) is 19.5. The summed E-state index contributed by atoms with van der Waals surface area (Å²) in [6.07, 6.45) is 0. The summed E-state index contributed by atoms with van der Waals surface area (Å²) in [5.41, 5.74) is 5.60. The van der Waals surface area contributed by atoms with E-state index in [1.165, 1.54) is 12.7 Å². The molecule has 9 nitrogen and oxygen atoms in total. The molecule has 0 bridgehead atoms. The van der Waals surface area contributed by atoms with Gasteiger partial charge in [-0.1, -0.05) is 18.2 Å². The second kappa shape index (κ2) is 11.0. The van der Waals surface area contributed by atoms with Gasteiger partial charge in [0.1, 0.15) is 13.2 Å². The molecule has 1 amide bonds. The van der Waals surface area contributed by atoms with Crippen LogP contribution >= 0.6 is 0 Å². The van der Waals surface area contributed by atoms with Gasteiger partial charge in [-0.05, 0) is 55.1 Å². The number of likely N-dealkylation sites (N-methyl/N-ethyl adjacent to an activating group) is 1.